The minimum atomic E-state index is -0.0854. The van der Waals surface area contributed by atoms with Gasteiger partial charge in [-0.05, 0) is 52.6 Å². The van der Waals surface area contributed by atoms with Crippen molar-refractivity contribution in [1.82, 2.24) is 25.5 Å². The number of benzene rings is 2. The molecule has 0 bridgehead atoms. The Kier molecular flexibility index (Phi) is 5.18. The van der Waals surface area contributed by atoms with Gasteiger partial charge in [-0.2, -0.15) is 0 Å². The van der Waals surface area contributed by atoms with E-state index in [9.17, 15) is 4.79 Å². The molecule has 0 aliphatic heterocycles. The summed E-state index contributed by atoms with van der Waals surface area (Å²) in [6.07, 6.45) is 2.40. The van der Waals surface area contributed by atoms with Gasteiger partial charge in [-0.25, -0.2) is 4.68 Å². The van der Waals surface area contributed by atoms with Crippen LogP contribution in [0.1, 0.15) is 42.2 Å². The summed E-state index contributed by atoms with van der Waals surface area (Å²) in [5, 5.41) is 14.2. The lowest BCUT2D eigenvalue weighted by Gasteiger charge is -2.21. The molecule has 2 aromatic carbocycles. The third-order valence-electron chi connectivity index (χ3n) is 3.96. The Morgan fingerprint density at radius 1 is 1.08 bits per heavy atom. The van der Waals surface area contributed by atoms with E-state index in [-0.39, 0.29) is 11.9 Å². The summed E-state index contributed by atoms with van der Waals surface area (Å²) >= 11 is 0. The highest BCUT2D eigenvalue weighted by Crippen LogP contribution is 2.21. The van der Waals surface area contributed by atoms with Crippen LogP contribution < -0.4 is 5.32 Å². The Balaban J connectivity index is 1.74. The van der Waals surface area contributed by atoms with Gasteiger partial charge in [-0.3, -0.25) is 4.79 Å². The molecule has 0 saturated heterocycles. The van der Waals surface area contributed by atoms with Gasteiger partial charge in [0.05, 0.1) is 11.7 Å². The van der Waals surface area contributed by atoms with E-state index < -0.39 is 0 Å². The van der Waals surface area contributed by atoms with Crippen molar-refractivity contribution in [2.75, 3.05) is 0 Å². The van der Waals surface area contributed by atoms with Crippen LogP contribution in [0.25, 0.3) is 5.69 Å². The summed E-state index contributed by atoms with van der Waals surface area (Å²) in [5.74, 6) is 0.394. The number of nitrogens with zero attached hydrogens (tertiary/aromatic N) is 4. The Labute approximate surface area is 146 Å². The molecule has 25 heavy (non-hydrogen) atoms. The summed E-state index contributed by atoms with van der Waals surface area (Å²) in [4.78, 5) is 12.6. The predicted octanol–water partition coefficient (Wildman–Crippen LogP) is 3.18. The molecule has 1 amide bonds. The van der Waals surface area contributed by atoms with Gasteiger partial charge >= 0.3 is 0 Å². The third-order valence-corrected chi connectivity index (χ3v) is 3.96. The van der Waals surface area contributed by atoms with Crippen molar-refractivity contribution in [1.29, 1.82) is 0 Å². The molecule has 1 heterocycles. The molecule has 3 rings (SSSR count). The zero-order chi connectivity index (χ0) is 17.6. The van der Waals surface area contributed by atoms with Gasteiger partial charge in [-0.1, -0.05) is 44.2 Å². The van der Waals surface area contributed by atoms with Crippen LogP contribution in [0.3, 0.4) is 0 Å². The van der Waals surface area contributed by atoms with Crippen LogP contribution in [0.2, 0.25) is 0 Å². The Morgan fingerprint density at radius 3 is 2.40 bits per heavy atom. The van der Waals surface area contributed by atoms with Crippen molar-refractivity contribution in [3.63, 3.8) is 0 Å². The molecule has 3 aromatic rings. The largest absolute Gasteiger partial charge is 0.345 e. The van der Waals surface area contributed by atoms with E-state index in [0.717, 1.165) is 17.7 Å². The van der Waals surface area contributed by atoms with E-state index in [1.165, 1.54) is 6.33 Å². The lowest BCUT2D eigenvalue weighted by molar-refractivity contribution is 0.0932. The summed E-state index contributed by atoms with van der Waals surface area (Å²) in [6.45, 7) is 4.31. The monoisotopic (exact) mass is 335 g/mol. The van der Waals surface area contributed by atoms with Gasteiger partial charge in [0.1, 0.15) is 6.33 Å². The number of rotatable bonds is 6. The van der Waals surface area contributed by atoms with Crippen LogP contribution >= 0.6 is 0 Å². The van der Waals surface area contributed by atoms with Gasteiger partial charge < -0.3 is 5.32 Å². The van der Waals surface area contributed by atoms with Crippen molar-refractivity contribution in [2.45, 2.75) is 26.3 Å². The maximum Gasteiger partial charge on any atom is 0.251 e. The second kappa shape index (κ2) is 7.70. The molecule has 6 nitrogen and oxygen atoms in total. The molecule has 0 fully saturated rings. The standard InChI is InChI=1S/C19H21N5O/c1-14(2)12-18(15-6-4-3-5-7-15)21-19(25)16-8-10-17(11-9-16)24-13-20-22-23-24/h3-11,13-14,18H,12H2,1-2H3,(H,21,25)/t18-/m0/s1. The van der Waals surface area contributed by atoms with Gasteiger partial charge in [0.2, 0.25) is 0 Å². The van der Waals surface area contributed by atoms with Crippen LogP contribution in [0.15, 0.2) is 60.9 Å². The molecule has 6 heteroatoms. The van der Waals surface area contributed by atoms with E-state index >= 15 is 0 Å². The smallest absolute Gasteiger partial charge is 0.251 e. The predicted molar refractivity (Wildman–Crippen MR) is 95.3 cm³/mol. The number of tetrazole rings is 1. The van der Waals surface area contributed by atoms with Crippen LogP contribution in [-0.2, 0) is 0 Å². The van der Waals surface area contributed by atoms with Crippen molar-refractivity contribution in [3.05, 3.63) is 72.1 Å². The molecule has 0 saturated carbocycles. The maximum absolute atomic E-state index is 12.6. The topological polar surface area (TPSA) is 72.7 Å². The number of amides is 1. The van der Waals surface area contributed by atoms with Crippen LogP contribution in [-0.4, -0.2) is 26.1 Å². The first-order valence-electron chi connectivity index (χ1n) is 8.32. The molecule has 0 spiro atoms. The Bertz CT molecular complexity index is 798. The minimum Gasteiger partial charge on any atom is -0.345 e. The fraction of sp³-hybridized carbons (Fsp3) is 0.263. The summed E-state index contributed by atoms with van der Waals surface area (Å²) < 4.78 is 1.55. The average Bonchev–Trinajstić information content (AvgIpc) is 3.16. The quantitative estimate of drug-likeness (QED) is 0.751. The minimum absolute atomic E-state index is 0.00658. The summed E-state index contributed by atoms with van der Waals surface area (Å²) in [5.41, 5.74) is 2.54. The number of aromatic nitrogens is 4. The number of carbonyl (C=O) groups is 1. The lowest BCUT2D eigenvalue weighted by atomic mass is 9.96. The molecule has 0 radical (unpaired) electrons. The molecule has 0 aliphatic rings. The van der Waals surface area contributed by atoms with Crippen LogP contribution in [0.4, 0.5) is 0 Å². The third kappa shape index (κ3) is 4.29. The SMILES string of the molecule is CC(C)C[C@H](NC(=O)c1ccc(-n2cnnn2)cc1)c1ccccc1. The van der Waals surface area contributed by atoms with Gasteiger partial charge in [0.25, 0.3) is 5.91 Å². The zero-order valence-electron chi connectivity index (χ0n) is 14.3. The van der Waals surface area contributed by atoms with Gasteiger partial charge in [0, 0.05) is 5.56 Å². The highest BCUT2D eigenvalue weighted by atomic mass is 16.1. The van der Waals surface area contributed by atoms with Crippen molar-refractivity contribution in [2.24, 2.45) is 5.92 Å². The molecule has 1 aromatic heterocycles. The maximum atomic E-state index is 12.6. The zero-order valence-corrected chi connectivity index (χ0v) is 14.3. The van der Waals surface area contributed by atoms with Crippen LogP contribution in [0.5, 0.6) is 0 Å². The first kappa shape index (κ1) is 16.8. The number of carbonyl (C=O) groups excluding carboxylic acids is 1. The average molecular weight is 335 g/mol. The number of nitrogens with one attached hydrogen (secondary N) is 1. The van der Waals surface area contributed by atoms with E-state index in [0.29, 0.717) is 11.5 Å². The molecule has 1 N–H and O–H groups in total. The van der Waals surface area contributed by atoms with Crippen LogP contribution in [0, 0.1) is 5.92 Å². The van der Waals surface area contributed by atoms with Gasteiger partial charge in [0.15, 0.2) is 0 Å². The molecule has 1 atom stereocenters. The van der Waals surface area contributed by atoms with E-state index in [1.54, 1.807) is 16.8 Å². The fourth-order valence-electron chi connectivity index (χ4n) is 2.72. The van der Waals surface area contributed by atoms with Crippen molar-refractivity contribution in [3.8, 4) is 5.69 Å². The molecular weight excluding hydrogens is 314 g/mol. The summed E-state index contributed by atoms with van der Waals surface area (Å²) in [6, 6.07) is 17.3. The molecular formula is C19H21N5O. The van der Waals surface area contributed by atoms with Crippen molar-refractivity contribution >= 4 is 5.91 Å². The highest BCUT2D eigenvalue weighted by Gasteiger charge is 2.17. The molecule has 0 unspecified atom stereocenters. The first-order valence-corrected chi connectivity index (χ1v) is 8.32. The first-order chi connectivity index (χ1) is 12.1. The second-order valence-corrected chi connectivity index (χ2v) is 6.37. The Morgan fingerprint density at radius 2 is 1.80 bits per heavy atom. The molecule has 128 valence electrons. The van der Waals surface area contributed by atoms with Crippen molar-refractivity contribution < 1.29 is 4.79 Å². The lowest BCUT2D eigenvalue weighted by Crippen LogP contribution is -2.29. The second-order valence-electron chi connectivity index (χ2n) is 6.37. The number of hydrogen-bond donors (Lipinski definition) is 1. The van der Waals surface area contributed by atoms with E-state index in [1.807, 2.05) is 42.5 Å². The molecule has 0 aliphatic carbocycles. The van der Waals surface area contributed by atoms with Gasteiger partial charge in [-0.15, -0.1) is 5.10 Å². The normalized spacial score (nSPS) is 12.1. The van der Waals surface area contributed by atoms with E-state index in [4.69, 9.17) is 0 Å². The fourth-order valence-corrected chi connectivity index (χ4v) is 2.72. The van der Waals surface area contributed by atoms with E-state index in [2.05, 4.69) is 34.7 Å². The Hall–Kier alpha value is -3.02. The number of hydrogen-bond acceptors (Lipinski definition) is 4. The summed E-state index contributed by atoms with van der Waals surface area (Å²) in [7, 11) is 0. The highest BCUT2D eigenvalue weighted by molar-refractivity contribution is 5.94.